The highest BCUT2D eigenvalue weighted by molar-refractivity contribution is 7.14. The van der Waals surface area contributed by atoms with Crippen LogP contribution in [0.3, 0.4) is 0 Å². The van der Waals surface area contributed by atoms with Crippen LogP contribution in [0.2, 0.25) is 0 Å². The van der Waals surface area contributed by atoms with Gasteiger partial charge in [-0.2, -0.15) is 0 Å². The topological polar surface area (TPSA) is 80.5 Å². The van der Waals surface area contributed by atoms with E-state index in [1.165, 1.54) is 12.1 Å². The maximum absolute atomic E-state index is 13.4. The summed E-state index contributed by atoms with van der Waals surface area (Å²) in [6, 6.07) is 8.62. The van der Waals surface area contributed by atoms with Gasteiger partial charge in [0.05, 0.1) is 29.7 Å². The van der Waals surface area contributed by atoms with Crippen LogP contribution in [0.4, 0.5) is 21.0 Å². The van der Waals surface area contributed by atoms with Crippen LogP contribution in [0.1, 0.15) is 24.6 Å². The first kappa shape index (κ1) is 27.6. The molecule has 1 atom stereocenters. The molecule has 0 saturated carbocycles. The van der Waals surface area contributed by atoms with Crippen molar-refractivity contribution < 1.29 is 14.3 Å². The van der Waals surface area contributed by atoms with Crippen molar-refractivity contribution in [2.75, 3.05) is 62.7 Å². The van der Waals surface area contributed by atoms with E-state index in [0.29, 0.717) is 26.1 Å². The van der Waals surface area contributed by atoms with E-state index in [1.807, 2.05) is 12.4 Å². The lowest BCUT2D eigenvalue weighted by Gasteiger charge is -2.36. The highest BCUT2D eigenvalue weighted by atomic mass is 32.1. The summed E-state index contributed by atoms with van der Waals surface area (Å²) in [7, 11) is 2.02. The number of aliphatic hydroxyl groups excluding tert-OH is 1. The highest BCUT2D eigenvalue weighted by Crippen LogP contribution is 2.35. The standard InChI is InChI=1S/C30H36FN7O2S/c1-4-25-29(34(3)30-33-26(19-41-30)21-5-7-22(31)8-6-21)38-16-23(15-20(2)28(38)32-25)36-13-11-35(12-14-36)18-27(40)37-10-9-24(39)17-37/h5-8,15-16,19,24,39H,4,9-14,17-18H2,1-3H3. The Morgan fingerprint density at radius 2 is 1.90 bits per heavy atom. The number of thiazole rings is 1. The second kappa shape index (κ2) is 11.4. The van der Waals surface area contributed by atoms with E-state index in [4.69, 9.17) is 9.97 Å². The summed E-state index contributed by atoms with van der Waals surface area (Å²) >= 11 is 1.55. The van der Waals surface area contributed by atoms with E-state index in [-0.39, 0.29) is 17.8 Å². The van der Waals surface area contributed by atoms with Gasteiger partial charge in [-0.1, -0.05) is 6.92 Å². The Morgan fingerprint density at radius 3 is 2.59 bits per heavy atom. The van der Waals surface area contributed by atoms with Crippen LogP contribution in [-0.4, -0.2) is 94.1 Å². The van der Waals surface area contributed by atoms with Gasteiger partial charge in [0.2, 0.25) is 5.91 Å². The van der Waals surface area contributed by atoms with Crippen molar-refractivity contribution >= 4 is 39.5 Å². The molecular formula is C30H36FN7O2S. The zero-order valence-electron chi connectivity index (χ0n) is 23.8. The number of amides is 1. The molecule has 2 aliphatic rings. The van der Waals surface area contributed by atoms with Crippen molar-refractivity contribution in [1.29, 1.82) is 0 Å². The number of rotatable bonds is 7. The van der Waals surface area contributed by atoms with Gasteiger partial charge < -0.3 is 19.8 Å². The number of aliphatic hydroxyl groups is 1. The number of fused-ring (bicyclic) bond motifs is 1. The number of hydrogen-bond acceptors (Lipinski definition) is 8. The molecule has 0 bridgehead atoms. The highest BCUT2D eigenvalue weighted by Gasteiger charge is 2.28. The van der Waals surface area contributed by atoms with Crippen LogP contribution in [0.15, 0.2) is 41.9 Å². The van der Waals surface area contributed by atoms with Crippen molar-refractivity contribution in [3.63, 3.8) is 0 Å². The van der Waals surface area contributed by atoms with E-state index >= 15 is 0 Å². The van der Waals surface area contributed by atoms with Gasteiger partial charge in [-0.25, -0.2) is 14.4 Å². The van der Waals surface area contributed by atoms with Crippen molar-refractivity contribution in [2.45, 2.75) is 32.8 Å². The molecule has 41 heavy (non-hydrogen) atoms. The van der Waals surface area contributed by atoms with Crippen LogP contribution < -0.4 is 9.80 Å². The Labute approximate surface area is 243 Å². The van der Waals surface area contributed by atoms with Crippen molar-refractivity contribution in [3.05, 3.63) is 59.0 Å². The predicted octanol–water partition coefficient (Wildman–Crippen LogP) is 3.95. The molecular weight excluding hydrogens is 541 g/mol. The predicted molar refractivity (Wildman–Crippen MR) is 161 cm³/mol. The number of nitrogens with zero attached hydrogens (tertiary/aromatic N) is 7. The Kier molecular flexibility index (Phi) is 7.67. The largest absolute Gasteiger partial charge is 0.391 e. The number of aryl methyl sites for hydroxylation is 2. The second-order valence-corrected chi connectivity index (χ2v) is 11.8. The number of β-amino-alcohol motifs (C(OH)–C–C–N with tert-alkyl or cyclic N) is 1. The molecule has 1 N–H and O–H groups in total. The molecule has 216 valence electrons. The molecule has 5 heterocycles. The fourth-order valence-corrected chi connectivity index (χ4v) is 6.58. The molecule has 9 nitrogen and oxygen atoms in total. The minimum atomic E-state index is -0.387. The minimum absolute atomic E-state index is 0.107. The summed E-state index contributed by atoms with van der Waals surface area (Å²) in [6.45, 7) is 8.99. The van der Waals surface area contributed by atoms with Crippen LogP contribution in [0.5, 0.6) is 0 Å². The minimum Gasteiger partial charge on any atom is -0.391 e. The SMILES string of the molecule is CCc1nc2c(C)cc(N3CCN(CC(=O)N4CCC(O)C4)CC3)cn2c1N(C)c1nc(-c2ccc(F)cc2)cs1. The van der Waals surface area contributed by atoms with Gasteiger partial charge in [-0.05, 0) is 55.7 Å². The average Bonchev–Trinajstić information content (AvgIpc) is 3.72. The molecule has 4 aromatic rings. The fourth-order valence-electron chi connectivity index (χ4n) is 5.78. The zero-order chi connectivity index (χ0) is 28.7. The smallest absolute Gasteiger partial charge is 0.236 e. The summed E-state index contributed by atoms with van der Waals surface area (Å²) < 4.78 is 15.6. The number of likely N-dealkylation sites (tertiary alicyclic amines) is 1. The maximum Gasteiger partial charge on any atom is 0.236 e. The Morgan fingerprint density at radius 1 is 1.15 bits per heavy atom. The maximum atomic E-state index is 13.4. The number of piperazine rings is 1. The molecule has 2 saturated heterocycles. The number of benzene rings is 1. The number of carbonyl (C=O) groups is 1. The molecule has 3 aromatic heterocycles. The zero-order valence-corrected chi connectivity index (χ0v) is 24.6. The Balaban J connectivity index is 1.22. The second-order valence-electron chi connectivity index (χ2n) is 10.9. The van der Waals surface area contributed by atoms with E-state index in [0.717, 1.165) is 77.4 Å². The first-order valence-electron chi connectivity index (χ1n) is 14.2. The number of carbonyl (C=O) groups excluding carboxylic acids is 1. The van der Waals surface area contributed by atoms with Gasteiger partial charge in [-0.3, -0.25) is 14.1 Å². The molecule has 1 aromatic carbocycles. The van der Waals surface area contributed by atoms with E-state index < -0.39 is 0 Å². The lowest BCUT2D eigenvalue weighted by molar-refractivity contribution is -0.131. The number of pyridine rings is 1. The third-order valence-electron chi connectivity index (χ3n) is 8.12. The molecule has 0 radical (unpaired) electrons. The van der Waals surface area contributed by atoms with Gasteiger partial charge in [0, 0.05) is 63.5 Å². The van der Waals surface area contributed by atoms with Crippen LogP contribution in [0.25, 0.3) is 16.9 Å². The fraction of sp³-hybridized carbons (Fsp3) is 0.433. The normalized spacial score (nSPS) is 18.0. The third kappa shape index (κ3) is 5.53. The van der Waals surface area contributed by atoms with Gasteiger partial charge in [-0.15, -0.1) is 11.3 Å². The molecule has 1 amide bonds. The number of aromatic nitrogens is 3. The van der Waals surface area contributed by atoms with Gasteiger partial charge >= 0.3 is 0 Å². The van der Waals surface area contributed by atoms with Crippen molar-refractivity contribution in [1.82, 2.24) is 24.2 Å². The first-order chi connectivity index (χ1) is 19.8. The van der Waals surface area contributed by atoms with Crippen LogP contribution >= 0.6 is 11.3 Å². The molecule has 0 spiro atoms. The van der Waals surface area contributed by atoms with Crippen molar-refractivity contribution in [2.24, 2.45) is 0 Å². The van der Waals surface area contributed by atoms with Crippen LogP contribution in [0, 0.1) is 12.7 Å². The Bertz CT molecular complexity index is 1540. The van der Waals surface area contributed by atoms with Gasteiger partial charge in [0.15, 0.2) is 5.13 Å². The number of anilines is 3. The summed E-state index contributed by atoms with van der Waals surface area (Å²) in [5.41, 5.74) is 5.87. The summed E-state index contributed by atoms with van der Waals surface area (Å²) in [5.74, 6) is 0.836. The molecule has 0 aliphatic carbocycles. The average molecular weight is 578 g/mol. The summed E-state index contributed by atoms with van der Waals surface area (Å²) in [4.78, 5) is 31.0. The quantitative estimate of drug-likeness (QED) is 0.356. The number of imidazole rings is 1. The molecule has 11 heteroatoms. The third-order valence-corrected chi connectivity index (χ3v) is 9.03. The van der Waals surface area contributed by atoms with E-state index in [2.05, 4.69) is 45.2 Å². The molecule has 2 aliphatic heterocycles. The van der Waals surface area contributed by atoms with E-state index in [9.17, 15) is 14.3 Å². The first-order valence-corrected chi connectivity index (χ1v) is 15.1. The van der Waals surface area contributed by atoms with Crippen molar-refractivity contribution in [3.8, 4) is 11.3 Å². The van der Waals surface area contributed by atoms with Gasteiger partial charge in [0.1, 0.15) is 17.3 Å². The summed E-state index contributed by atoms with van der Waals surface area (Å²) in [5, 5.41) is 12.6. The molecule has 6 rings (SSSR count). The van der Waals surface area contributed by atoms with Gasteiger partial charge in [0.25, 0.3) is 0 Å². The lowest BCUT2D eigenvalue weighted by atomic mass is 10.2. The lowest BCUT2D eigenvalue weighted by Crippen LogP contribution is -2.50. The number of halogens is 1. The van der Waals surface area contributed by atoms with Crippen LogP contribution in [-0.2, 0) is 11.2 Å². The summed E-state index contributed by atoms with van der Waals surface area (Å²) in [6.07, 6.45) is 3.24. The monoisotopic (exact) mass is 577 g/mol. The van der Waals surface area contributed by atoms with E-state index in [1.54, 1.807) is 28.4 Å². The number of hydrogen-bond donors (Lipinski definition) is 1. The molecule has 1 unspecified atom stereocenters. The Hall–Kier alpha value is -3.54. The molecule has 2 fully saturated rings.